The highest BCUT2D eigenvalue weighted by Crippen LogP contribution is 2.29. The summed E-state index contributed by atoms with van der Waals surface area (Å²) in [5, 5.41) is 4.65. The van der Waals surface area contributed by atoms with Crippen molar-refractivity contribution in [2.45, 2.75) is 38.8 Å². The predicted octanol–water partition coefficient (Wildman–Crippen LogP) is 3.15. The first-order valence-electron chi connectivity index (χ1n) is 9.26. The Hall–Kier alpha value is -2.38. The van der Waals surface area contributed by atoms with E-state index in [0.29, 0.717) is 19.0 Å². The maximum Gasteiger partial charge on any atom is 0.159 e. The summed E-state index contributed by atoms with van der Waals surface area (Å²) in [5.74, 6) is -1.29. The number of rotatable bonds is 4. The van der Waals surface area contributed by atoms with Crippen molar-refractivity contribution in [3.8, 4) is 0 Å². The summed E-state index contributed by atoms with van der Waals surface area (Å²) in [6.07, 6.45) is 3.92. The number of aryl methyl sites for hydroxylation is 1. The highest BCUT2D eigenvalue weighted by Gasteiger charge is 2.25. The number of hydrogen-bond donors (Lipinski definition) is 1. The zero-order valence-corrected chi connectivity index (χ0v) is 15.3. The second-order valence-corrected chi connectivity index (χ2v) is 7.20. The average Bonchev–Trinajstić information content (AvgIpc) is 3.00. The Kier molecular flexibility index (Phi) is 4.88. The number of hydrogen-bond acceptors (Lipinski definition) is 4. The molecule has 0 aliphatic carbocycles. The molecule has 1 atom stereocenters. The van der Waals surface area contributed by atoms with Crippen LogP contribution < -0.4 is 5.73 Å². The maximum absolute atomic E-state index is 13.5. The summed E-state index contributed by atoms with van der Waals surface area (Å²) in [6.45, 7) is 4.76. The molecule has 0 bridgehead atoms. The molecule has 27 heavy (non-hydrogen) atoms. The summed E-state index contributed by atoms with van der Waals surface area (Å²) >= 11 is 0. The Bertz CT molecular complexity index is 968. The summed E-state index contributed by atoms with van der Waals surface area (Å²) in [6, 6.07) is 6.15. The number of fused-ring (bicyclic) bond motifs is 1. The maximum atomic E-state index is 13.5. The third kappa shape index (κ3) is 3.44. The van der Waals surface area contributed by atoms with Crippen LogP contribution in [0.5, 0.6) is 0 Å². The molecule has 0 amide bonds. The van der Waals surface area contributed by atoms with E-state index in [1.165, 1.54) is 12.1 Å². The molecule has 5 nitrogen and oxygen atoms in total. The molecule has 7 heteroatoms. The molecule has 0 unspecified atom stereocenters. The average molecular weight is 371 g/mol. The standard InChI is InChI=1S/C20H23F2N5/c1-13-16(10-23)20-24-7-6-19(27(20)25-13)15-3-2-8-26(12-15)11-14-4-5-17(21)18(22)9-14/h4-7,9,15H,2-3,8,10-12,23H2,1H3/t15-/m0/s1. The van der Waals surface area contributed by atoms with Crippen LogP contribution in [0.3, 0.4) is 0 Å². The fourth-order valence-corrected chi connectivity index (χ4v) is 4.00. The zero-order chi connectivity index (χ0) is 19.0. The molecular formula is C20H23F2N5. The van der Waals surface area contributed by atoms with Crippen LogP contribution in [0.4, 0.5) is 8.78 Å². The quantitative estimate of drug-likeness (QED) is 0.765. The number of aromatic nitrogens is 3. The van der Waals surface area contributed by atoms with Crippen LogP contribution in [0.2, 0.25) is 0 Å². The van der Waals surface area contributed by atoms with E-state index in [-0.39, 0.29) is 0 Å². The van der Waals surface area contributed by atoms with Crippen molar-refractivity contribution < 1.29 is 8.78 Å². The van der Waals surface area contributed by atoms with Crippen molar-refractivity contribution in [1.82, 2.24) is 19.5 Å². The lowest BCUT2D eigenvalue weighted by Crippen LogP contribution is -2.34. The van der Waals surface area contributed by atoms with Crippen molar-refractivity contribution in [3.63, 3.8) is 0 Å². The Morgan fingerprint density at radius 2 is 2.07 bits per heavy atom. The second-order valence-electron chi connectivity index (χ2n) is 7.20. The lowest BCUT2D eigenvalue weighted by molar-refractivity contribution is 0.197. The van der Waals surface area contributed by atoms with Crippen LogP contribution in [0, 0.1) is 18.6 Å². The first kappa shape index (κ1) is 18.0. The Morgan fingerprint density at radius 1 is 1.22 bits per heavy atom. The van der Waals surface area contributed by atoms with Crippen molar-refractivity contribution in [2.24, 2.45) is 5.73 Å². The van der Waals surface area contributed by atoms with Crippen LogP contribution in [-0.2, 0) is 13.1 Å². The van der Waals surface area contributed by atoms with E-state index in [0.717, 1.165) is 54.1 Å². The molecule has 2 aromatic heterocycles. The van der Waals surface area contributed by atoms with Gasteiger partial charge in [0.25, 0.3) is 0 Å². The molecule has 1 aromatic carbocycles. The molecule has 4 rings (SSSR count). The molecule has 142 valence electrons. The summed E-state index contributed by atoms with van der Waals surface area (Å²) in [5.41, 5.74) is 10.5. The Morgan fingerprint density at radius 3 is 2.85 bits per heavy atom. The predicted molar refractivity (Wildman–Crippen MR) is 99.2 cm³/mol. The van der Waals surface area contributed by atoms with Crippen LogP contribution in [0.25, 0.3) is 5.65 Å². The number of halogens is 2. The van der Waals surface area contributed by atoms with Gasteiger partial charge in [0.05, 0.1) is 11.4 Å². The molecule has 0 saturated carbocycles. The minimum absolute atomic E-state index is 0.305. The third-order valence-corrected chi connectivity index (χ3v) is 5.36. The van der Waals surface area contributed by atoms with Crippen LogP contribution in [0.15, 0.2) is 30.5 Å². The highest BCUT2D eigenvalue weighted by atomic mass is 19.2. The van der Waals surface area contributed by atoms with Gasteiger partial charge in [0.1, 0.15) is 0 Å². The lowest BCUT2D eigenvalue weighted by Gasteiger charge is -2.33. The van der Waals surface area contributed by atoms with E-state index in [2.05, 4.69) is 15.0 Å². The van der Waals surface area contributed by atoms with Crippen molar-refractivity contribution in [3.05, 3.63) is 64.6 Å². The van der Waals surface area contributed by atoms with E-state index in [4.69, 9.17) is 5.73 Å². The largest absolute Gasteiger partial charge is 0.326 e. The fraction of sp³-hybridized carbons (Fsp3) is 0.400. The first-order valence-corrected chi connectivity index (χ1v) is 9.26. The summed E-state index contributed by atoms with van der Waals surface area (Å²) < 4.78 is 28.6. The number of likely N-dealkylation sites (tertiary alicyclic amines) is 1. The normalized spacial score (nSPS) is 18.3. The minimum atomic E-state index is -0.806. The van der Waals surface area contributed by atoms with Crippen LogP contribution in [-0.4, -0.2) is 32.6 Å². The molecule has 1 aliphatic rings. The van der Waals surface area contributed by atoms with Crippen LogP contribution in [0.1, 0.15) is 41.3 Å². The summed E-state index contributed by atoms with van der Waals surface area (Å²) in [4.78, 5) is 6.75. The molecule has 1 fully saturated rings. The molecular weight excluding hydrogens is 348 g/mol. The van der Waals surface area contributed by atoms with Gasteiger partial charge in [-0.1, -0.05) is 6.07 Å². The van der Waals surface area contributed by atoms with Crippen molar-refractivity contribution in [2.75, 3.05) is 13.1 Å². The smallest absolute Gasteiger partial charge is 0.159 e. The van der Waals surface area contributed by atoms with Crippen molar-refractivity contribution in [1.29, 1.82) is 0 Å². The molecule has 2 N–H and O–H groups in total. The number of piperidine rings is 1. The highest BCUT2D eigenvalue weighted by molar-refractivity contribution is 5.50. The SMILES string of the molecule is Cc1nn2c([C@H]3CCCN(Cc4ccc(F)c(F)c4)C3)ccnc2c1CN. The van der Waals surface area contributed by atoms with Gasteiger partial charge in [0, 0.05) is 37.3 Å². The van der Waals surface area contributed by atoms with Gasteiger partial charge >= 0.3 is 0 Å². The van der Waals surface area contributed by atoms with Crippen molar-refractivity contribution >= 4 is 5.65 Å². The molecule has 0 spiro atoms. The fourth-order valence-electron chi connectivity index (χ4n) is 4.00. The van der Waals surface area contributed by atoms with Gasteiger partial charge in [-0.15, -0.1) is 0 Å². The Balaban J connectivity index is 1.58. The van der Waals surface area contributed by atoms with Gasteiger partial charge in [0.2, 0.25) is 0 Å². The second kappa shape index (κ2) is 7.32. The minimum Gasteiger partial charge on any atom is -0.326 e. The van der Waals surface area contributed by atoms with Gasteiger partial charge in [-0.05, 0) is 50.1 Å². The van der Waals surface area contributed by atoms with Gasteiger partial charge < -0.3 is 5.73 Å². The van der Waals surface area contributed by atoms with E-state index in [1.54, 1.807) is 6.07 Å². The molecule has 0 radical (unpaired) electrons. The van der Waals surface area contributed by atoms with E-state index >= 15 is 0 Å². The number of nitrogens with zero attached hydrogens (tertiary/aromatic N) is 4. The zero-order valence-electron chi connectivity index (χ0n) is 15.3. The van der Waals surface area contributed by atoms with Gasteiger partial charge in [-0.25, -0.2) is 18.3 Å². The number of benzene rings is 1. The molecule has 3 aromatic rings. The van der Waals surface area contributed by atoms with Gasteiger partial charge in [-0.2, -0.15) is 5.10 Å². The first-order chi connectivity index (χ1) is 13.1. The molecule has 3 heterocycles. The topological polar surface area (TPSA) is 59.5 Å². The van der Waals surface area contributed by atoms with E-state index in [9.17, 15) is 8.78 Å². The van der Waals surface area contributed by atoms with Gasteiger partial charge in [0.15, 0.2) is 17.3 Å². The third-order valence-electron chi connectivity index (χ3n) is 5.36. The monoisotopic (exact) mass is 371 g/mol. The van der Waals surface area contributed by atoms with E-state index in [1.807, 2.05) is 23.7 Å². The molecule has 1 saturated heterocycles. The molecule has 1 aliphatic heterocycles. The Labute approximate surface area is 156 Å². The summed E-state index contributed by atoms with van der Waals surface area (Å²) in [7, 11) is 0. The van der Waals surface area contributed by atoms with E-state index < -0.39 is 11.6 Å². The number of nitrogens with two attached hydrogens (primary N) is 1. The van der Waals surface area contributed by atoms with Crippen LogP contribution >= 0.6 is 0 Å². The van der Waals surface area contributed by atoms with Gasteiger partial charge in [-0.3, -0.25) is 4.90 Å². The lowest BCUT2D eigenvalue weighted by atomic mass is 9.94.